The fraction of sp³-hybridized carbons (Fsp3) is 0.250. The van der Waals surface area contributed by atoms with Crippen LogP contribution in [0.2, 0.25) is 0 Å². The third-order valence-corrected chi connectivity index (χ3v) is 3.72. The molecule has 0 aliphatic rings. The van der Waals surface area contributed by atoms with Gasteiger partial charge in [-0.3, -0.25) is 4.90 Å². The van der Waals surface area contributed by atoms with Crippen molar-refractivity contribution in [2.24, 2.45) is 0 Å². The normalized spacial score (nSPS) is 10.6. The van der Waals surface area contributed by atoms with Crippen molar-refractivity contribution >= 4 is 5.97 Å². The molecule has 0 amide bonds. The smallest absolute Gasteiger partial charge is 0.335 e. The van der Waals surface area contributed by atoms with E-state index in [9.17, 15) is 4.79 Å². The first-order chi connectivity index (χ1) is 11.6. The lowest BCUT2D eigenvalue weighted by atomic mass is 10.1. The average Bonchev–Trinajstić information content (AvgIpc) is 2.57. The molecule has 0 aliphatic heterocycles. The van der Waals surface area contributed by atoms with E-state index in [4.69, 9.17) is 9.84 Å². The Morgan fingerprint density at radius 1 is 1.21 bits per heavy atom. The highest BCUT2D eigenvalue weighted by atomic mass is 16.5. The molecule has 24 heavy (non-hydrogen) atoms. The van der Waals surface area contributed by atoms with Gasteiger partial charge in [0.1, 0.15) is 12.4 Å². The van der Waals surface area contributed by atoms with Crippen molar-refractivity contribution in [2.75, 3.05) is 20.2 Å². The van der Waals surface area contributed by atoms with Crippen LogP contribution in [-0.2, 0) is 13.0 Å². The van der Waals surface area contributed by atoms with E-state index in [0.29, 0.717) is 12.2 Å². The summed E-state index contributed by atoms with van der Waals surface area (Å²) in [6, 6.07) is 14.9. The average molecular weight is 325 g/mol. The molecule has 0 atom stereocenters. The van der Waals surface area contributed by atoms with Crippen LogP contribution in [0.1, 0.15) is 21.5 Å². The summed E-state index contributed by atoms with van der Waals surface area (Å²) < 4.78 is 5.88. The van der Waals surface area contributed by atoms with Gasteiger partial charge in [0.25, 0.3) is 0 Å². The van der Waals surface area contributed by atoms with E-state index in [1.165, 1.54) is 0 Å². The van der Waals surface area contributed by atoms with E-state index >= 15 is 0 Å². The minimum atomic E-state index is -0.901. The number of carboxylic acid groups (broad SMARTS) is 1. The second-order valence-corrected chi connectivity index (χ2v) is 5.69. The van der Waals surface area contributed by atoms with Gasteiger partial charge in [-0.25, -0.2) is 4.79 Å². The molecule has 0 aromatic heterocycles. The highest BCUT2D eigenvalue weighted by Gasteiger charge is 2.05. The summed E-state index contributed by atoms with van der Waals surface area (Å²) in [6.45, 7) is 5.89. The molecule has 2 aromatic rings. The Hall–Kier alpha value is -2.59. The molecular weight excluding hydrogens is 302 g/mol. The van der Waals surface area contributed by atoms with Crippen LogP contribution >= 0.6 is 0 Å². The SMILES string of the molecule is C=CCc1ccccc1OCCN(C)Cc1ccc(C(=O)O)cc1. The Morgan fingerprint density at radius 3 is 2.58 bits per heavy atom. The molecule has 0 heterocycles. The van der Waals surface area contributed by atoms with Gasteiger partial charge >= 0.3 is 5.97 Å². The number of nitrogens with zero attached hydrogens (tertiary/aromatic N) is 1. The number of para-hydroxylation sites is 1. The molecule has 0 fully saturated rings. The first kappa shape index (κ1) is 17.8. The number of rotatable bonds is 9. The van der Waals surface area contributed by atoms with Crippen LogP contribution in [0.5, 0.6) is 5.75 Å². The van der Waals surface area contributed by atoms with Crippen LogP contribution < -0.4 is 4.74 Å². The van der Waals surface area contributed by atoms with Crippen molar-refractivity contribution in [3.8, 4) is 5.75 Å². The topological polar surface area (TPSA) is 49.8 Å². The number of hydrogen-bond donors (Lipinski definition) is 1. The molecule has 0 unspecified atom stereocenters. The third-order valence-electron chi connectivity index (χ3n) is 3.72. The zero-order valence-corrected chi connectivity index (χ0v) is 13.9. The van der Waals surface area contributed by atoms with Gasteiger partial charge in [-0.15, -0.1) is 6.58 Å². The second-order valence-electron chi connectivity index (χ2n) is 5.69. The number of likely N-dealkylation sites (N-methyl/N-ethyl adjacent to an activating group) is 1. The van der Waals surface area contributed by atoms with Gasteiger partial charge in [0.2, 0.25) is 0 Å². The fourth-order valence-electron chi connectivity index (χ4n) is 2.42. The quantitative estimate of drug-likeness (QED) is 0.715. The summed E-state index contributed by atoms with van der Waals surface area (Å²) in [5, 5.41) is 8.91. The number of allylic oxidation sites excluding steroid dienone is 1. The first-order valence-electron chi connectivity index (χ1n) is 7.92. The summed E-state index contributed by atoms with van der Waals surface area (Å²) >= 11 is 0. The van der Waals surface area contributed by atoms with Crippen molar-refractivity contribution in [1.29, 1.82) is 0 Å². The number of hydrogen-bond acceptors (Lipinski definition) is 3. The van der Waals surface area contributed by atoms with Crippen molar-refractivity contribution in [1.82, 2.24) is 4.90 Å². The highest BCUT2D eigenvalue weighted by Crippen LogP contribution is 2.18. The second kappa shape index (κ2) is 8.89. The summed E-state index contributed by atoms with van der Waals surface area (Å²) in [5.41, 5.74) is 2.53. The Morgan fingerprint density at radius 2 is 1.92 bits per heavy atom. The minimum absolute atomic E-state index is 0.309. The third kappa shape index (κ3) is 5.25. The Kier molecular flexibility index (Phi) is 6.58. The standard InChI is InChI=1S/C20H23NO3/c1-3-6-17-7-4-5-8-19(17)24-14-13-21(2)15-16-9-11-18(12-10-16)20(22)23/h3-5,7-12H,1,6,13-15H2,2H3,(H,22,23). The molecule has 2 rings (SSSR count). The molecule has 0 radical (unpaired) electrons. The highest BCUT2D eigenvalue weighted by molar-refractivity contribution is 5.87. The number of benzene rings is 2. The maximum atomic E-state index is 10.9. The largest absolute Gasteiger partial charge is 0.492 e. The molecule has 0 saturated carbocycles. The van der Waals surface area contributed by atoms with Gasteiger partial charge in [-0.2, -0.15) is 0 Å². The summed E-state index contributed by atoms with van der Waals surface area (Å²) in [7, 11) is 2.02. The van der Waals surface area contributed by atoms with Crippen LogP contribution in [0, 0.1) is 0 Å². The van der Waals surface area contributed by atoms with Crippen LogP contribution in [-0.4, -0.2) is 36.2 Å². The van der Waals surface area contributed by atoms with Crippen LogP contribution in [0.25, 0.3) is 0 Å². The van der Waals surface area contributed by atoms with E-state index in [1.54, 1.807) is 12.1 Å². The Balaban J connectivity index is 1.82. The first-order valence-corrected chi connectivity index (χ1v) is 7.92. The number of carbonyl (C=O) groups is 1. The van der Waals surface area contributed by atoms with Crippen molar-refractivity contribution < 1.29 is 14.6 Å². The molecule has 0 saturated heterocycles. The fourth-order valence-corrected chi connectivity index (χ4v) is 2.42. The zero-order valence-electron chi connectivity index (χ0n) is 13.9. The number of carboxylic acids is 1. The maximum absolute atomic E-state index is 10.9. The van der Waals surface area contributed by atoms with Gasteiger partial charge < -0.3 is 9.84 Å². The van der Waals surface area contributed by atoms with Crippen molar-refractivity contribution in [3.63, 3.8) is 0 Å². The summed E-state index contributed by atoms with van der Waals surface area (Å²) in [5.74, 6) is -0.00175. The lowest BCUT2D eigenvalue weighted by Crippen LogP contribution is -2.24. The Bertz CT molecular complexity index is 680. The van der Waals surface area contributed by atoms with E-state index in [0.717, 1.165) is 36.4 Å². The monoisotopic (exact) mass is 325 g/mol. The molecule has 0 spiro atoms. The minimum Gasteiger partial charge on any atom is -0.492 e. The van der Waals surface area contributed by atoms with E-state index in [1.807, 2.05) is 49.5 Å². The van der Waals surface area contributed by atoms with Gasteiger partial charge in [-0.05, 0) is 42.8 Å². The van der Waals surface area contributed by atoms with Crippen LogP contribution in [0.3, 0.4) is 0 Å². The molecular formula is C20H23NO3. The molecule has 0 bridgehead atoms. The van der Waals surface area contributed by atoms with E-state index in [-0.39, 0.29) is 0 Å². The molecule has 0 aliphatic carbocycles. The van der Waals surface area contributed by atoms with E-state index in [2.05, 4.69) is 11.5 Å². The van der Waals surface area contributed by atoms with Gasteiger partial charge in [0, 0.05) is 13.1 Å². The van der Waals surface area contributed by atoms with Crippen molar-refractivity contribution in [3.05, 3.63) is 77.9 Å². The predicted molar refractivity (Wildman–Crippen MR) is 95.6 cm³/mol. The van der Waals surface area contributed by atoms with Gasteiger partial charge in [0.05, 0.1) is 5.56 Å². The number of aromatic carboxylic acids is 1. The summed E-state index contributed by atoms with van der Waals surface area (Å²) in [4.78, 5) is 13.0. The Labute approximate surface area is 143 Å². The van der Waals surface area contributed by atoms with Gasteiger partial charge in [-0.1, -0.05) is 36.4 Å². The molecule has 126 valence electrons. The lowest BCUT2D eigenvalue weighted by molar-refractivity contribution is 0.0697. The van der Waals surface area contributed by atoms with Gasteiger partial charge in [0.15, 0.2) is 0 Å². The number of ether oxygens (including phenoxy) is 1. The van der Waals surface area contributed by atoms with Crippen molar-refractivity contribution in [2.45, 2.75) is 13.0 Å². The molecule has 4 heteroatoms. The lowest BCUT2D eigenvalue weighted by Gasteiger charge is -2.18. The summed E-state index contributed by atoms with van der Waals surface area (Å²) in [6.07, 6.45) is 2.66. The maximum Gasteiger partial charge on any atom is 0.335 e. The van der Waals surface area contributed by atoms with Crippen LogP contribution in [0.4, 0.5) is 0 Å². The van der Waals surface area contributed by atoms with E-state index < -0.39 is 5.97 Å². The molecule has 4 nitrogen and oxygen atoms in total. The molecule has 2 aromatic carbocycles. The zero-order chi connectivity index (χ0) is 17.4. The van der Waals surface area contributed by atoms with Crippen LogP contribution in [0.15, 0.2) is 61.2 Å². The predicted octanol–water partition coefficient (Wildman–Crippen LogP) is 3.62. The molecule has 1 N–H and O–H groups in total.